The average Bonchev–Trinajstić information content (AvgIpc) is 3.19. The SMILES string of the molecule is COc1cc(Nc2cc(CO)[nH]n2)nc(N(C)C2C[C@H]3CCC[C@@H](C2)N3C(=O)O)n1. The van der Waals surface area contributed by atoms with E-state index >= 15 is 0 Å². The molecule has 2 aliphatic rings. The van der Waals surface area contributed by atoms with E-state index in [1.165, 1.54) is 0 Å². The van der Waals surface area contributed by atoms with E-state index in [1.54, 1.807) is 24.1 Å². The third-order valence-electron chi connectivity index (χ3n) is 5.99. The maximum Gasteiger partial charge on any atom is 0.407 e. The van der Waals surface area contributed by atoms with Gasteiger partial charge in [-0.1, -0.05) is 0 Å². The quantitative estimate of drug-likeness (QED) is 0.555. The van der Waals surface area contributed by atoms with Crippen molar-refractivity contribution < 1.29 is 19.7 Å². The molecular weight excluding hydrogens is 390 g/mol. The summed E-state index contributed by atoms with van der Waals surface area (Å²) in [7, 11) is 3.48. The number of H-pyrrole nitrogens is 1. The van der Waals surface area contributed by atoms with Crippen molar-refractivity contribution in [1.29, 1.82) is 0 Å². The van der Waals surface area contributed by atoms with Gasteiger partial charge in [0.25, 0.3) is 0 Å². The summed E-state index contributed by atoms with van der Waals surface area (Å²) in [6.07, 6.45) is 3.54. The molecule has 1 amide bonds. The fraction of sp³-hybridized carbons (Fsp3) is 0.579. The number of rotatable bonds is 6. The van der Waals surface area contributed by atoms with Gasteiger partial charge in [-0.15, -0.1) is 0 Å². The third-order valence-corrected chi connectivity index (χ3v) is 5.99. The number of carboxylic acid groups (broad SMARTS) is 1. The lowest BCUT2D eigenvalue weighted by atomic mass is 9.81. The molecule has 1 unspecified atom stereocenters. The molecule has 0 radical (unpaired) electrons. The summed E-state index contributed by atoms with van der Waals surface area (Å²) >= 11 is 0. The molecule has 4 N–H and O–H groups in total. The zero-order valence-electron chi connectivity index (χ0n) is 17.1. The normalized spacial score (nSPS) is 23.2. The molecule has 162 valence electrons. The summed E-state index contributed by atoms with van der Waals surface area (Å²) in [5, 5.41) is 28.7. The number of nitrogens with one attached hydrogen (secondary N) is 2. The number of aromatic nitrogens is 4. The minimum atomic E-state index is -0.823. The Labute approximate surface area is 174 Å². The Morgan fingerprint density at radius 3 is 2.63 bits per heavy atom. The molecule has 4 heterocycles. The molecule has 11 heteroatoms. The van der Waals surface area contributed by atoms with Crippen LogP contribution in [-0.2, 0) is 6.61 Å². The summed E-state index contributed by atoms with van der Waals surface area (Å²) in [6, 6.07) is 3.58. The number of aliphatic hydroxyl groups is 1. The van der Waals surface area contributed by atoms with Crippen LogP contribution in [0, 0.1) is 0 Å². The van der Waals surface area contributed by atoms with Gasteiger partial charge >= 0.3 is 6.09 Å². The number of aromatic amines is 1. The first kappa shape index (κ1) is 20.2. The topological polar surface area (TPSA) is 140 Å². The maximum absolute atomic E-state index is 11.7. The maximum atomic E-state index is 11.7. The smallest absolute Gasteiger partial charge is 0.407 e. The van der Waals surface area contributed by atoms with Crippen LogP contribution >= 0.6 is 0 Å². The highest BCUT2D eigenvalue weighted by Gasteiger charge is 2.42. The van der Waals surface area contributed by atoms with E-state index < -0.39 is 6.09 Å². The van der Waals surface area contributed by atoms with E-state index in [4.69, 9.17) is 4.74 Å². The third kappa shape index (κ3) is 3.97. The highest BCUT2D eigenvalue weighted by molar-refractivity contribution is 5.66. The molecule has 2 saturated heterocycles. The highest BCUT2D eigenvalue weighted by atomic mass is 16.5. The van der Waals surface area contributed by atoms with Gasteiger partial charge in [0.1, 0.15) is 5.82 Å². The number of nitrogens with zero attached hydrogens (tertiary/aromatic N) is 5. The minimum Gasteiger partial charge on any atom is -0.481 e. The molecule has 3 atom stereocenters. The largest absolute Gasteiger partial charge is 0.481 e. The fourth-order valence-corrected chi connectivity index (χ4v) is 4.52. The fourth-order valence-electron chi connectivity index (χ4n) is 4.52. The van der Waals surface area contributed by atoms with Crippen molar-refractivity contribution in [3.05, 3.63) is 17.8 Å². The number of ether oxygens (including phenoxy) is 1. The lowest BCUT2D eigenvalue weighted by Crippen LogP contribution is -2.58. The number of hydrogen-bond donors (Lipinski definition) is 4. The number of anilines is 3. The van der Waals surface area contributed by atoms with Crippen LogP contribution in [0.2, 0.25) is 0 Å². The molecule has 0 saturated carbocycles. The zero-order valence-corrected chi connectivity index (χ0v) is 17.1. The Kier molecular flexibility index (Phi) is 5.62. The molecule has 4 rings (SSSR count). The minimum absolute atomic E-state index is 0.0339. The number of hydrogen-bond acceptors (Lipinski definition) is 8. The zero-order chi connectivity index (χ0) is 21.3. The van der Waals surface area contributed by atoms with Gasteiger partial charge in [0.2, 0.25) is 11.8 Å². The van der Waals surface area contributed by atoms with Gasteiger partial charge in [-0.05, 0) is 32.1 Å². The van der Waals surface area contributed by atoms with Crippen LogP contribution in [0.3, 0.4) is 0 Å². The molecular formula is C19H27N7O4. The average molecular weight is 417 g/mol. The summed E-state index contributed by atoms with van der Waals surface area (Å²) in [6.45, 7) is -0.132. The van der Waals surface area contributed by atoms with Crippen molar-refractivity contribution in [2.24, 2.45) is 0 Å². The van der Waals surface area contributed by atoms with Crippen LogP contribution in [-0.4, -0.2) is 73.7 Å². The predicted molar refractivity (Wildman–Crippen MR) is 109 cm³/mol. The molecule has 30 heavy (non-hydrogen) atoms. The highest BCUT2D eigenvalue weighted by Crippen LogP contribution is 2.36. The second-order valence-electron chi connectivity index (χ2n) is 7.82. The summed E-state index contributed by atoms with van der Waals surface area (Å²) in [4.78, 5) is 24.4. The first-order chi connectivity index (χ1) is 14.5. The first-order valence-corrected chi connectivity index (χ1v) is 10.1. The van der Waals surface area contributed by atoms with E-state index in [0.29, 0.717) is 29.2 Å². The molecule has 2 bridgehead atoms. The van der Waals surface area contributed by atoms with Gasteiger partial charge in [0, 0.05) is 37.3 Å². The molecule has 0 aliphatic carbocycles. The van der Waals surface area contributed by atoms with Gasteiger partial charge in [-0.2, -0.15) is 15.1 Å². The Hall–Kier alpha value is -3.08. The molecule has 2 aromatic rings. The van der Waals surface area contributed by atoms with Crippen molar-refractivity contribution in [3.8, 4) is 5.88 Å². The van der Waals surface area contributed by atoms with Gasteiger partial charge in [-0.3, -0.25) is 5.10 Å². The van der Waals surface area contributed by atoms with Crippen LogP contribution in [0.1, 0.15) is 37.8 Å². The second kappa shape index (κ2) is 8.34. The Morgan fingerprint density at radius 2 is 2.03 bits per heavy atom. The lowest BCUT2D eigenvalue weighted by molar-refractivity contribution is 0.0351. The predicted octanol–water partition coefficient (Wildman–Crippen LogP) is 1.94. The Bertz CT molecular complexity index is 891. The van der Waals surface area contributed by atoms with E-state index in [-0.39, 0.29) is 24.7 Å². The Morgan fingerprint density at radius 1 is 1.30 bits per heavy atom. The van der Waals surface area contributed by atoms with Gasteiger partial charge < -0.3 is 30.1 Å². The molecule has 0 spiro atoms. The summed E-state index contributed by atoms with van der Waals surface area (Å²) in [5.41, 5.74) is 0.590. The second-order valence-corrected chi connectivity index (χ2v) is 7.82. The van der Waals surface area contributed by atoms with Crippen LogP contribution in [0.25, 0.3) is 0 Å². The van der Waals surface area contributed by atoms with Crippen LogP contribution in [0.15, 0.2) is 12.1 Å². The van der Waals surface area contributed by atoms with Gasteiger partial charge in [0.05, 0.1) is 19.4 Å². The van der Waals surface area contributed by atoms with Crippen LogP contribution in [0.5, 0.6) is 5.88 Å². The van der Waals surface area contributed by atoms with E-state index in [2.05, 4.69) is 25.5 Å². The van der Waals surface area contributed by atoms with Crippen molar-refractivity contribution in [1.82, 2.24) is 25.1 Å². The van der Waals surface area contributed by atoms with E-state index in [0.717, 1.165) is 32.1 Å². The number of carbonyl (C=O) groups is 1. The number of fused-ring (bicyclic) bond motifs is 2. The monoisotopic (exact) mass is 417 g/mol. The summed E-state index contributed by atoms with van der Waals surface area (Å²) in [5.74, 6) is 1.96. The molecule has 0 aromatic carbocycles. The standard InChI is InChI=1S/C19H27N7O4/c1-25(14-7-12-4-3-5-13(8-14)26(12)19(28)29)18-21-15(9-17(22-18)30-2)20-16-6-11(10-27)23-24-16/h6,9,12-14,27H,3-5,7-8,10H2,1-2H3,(H,28,29)(H2,20,21,22,23,24)/t12-,13+,14?. The first-order valence-electron chi connectivity index (χ1n) is 10.1. The molecule has 2 aliphatic heterocycles. The van der Waals surface area contributed by atoms with Gasteiger partial charge in [-0.25, -0.2) is 4.79 Å². The van der Waals surface area contributed by atoms with Crippen molar-refractivity contribution in [2.75, 3.05) is 24.4 Å². The van der Waals surface area contributed by atoms with Crippen LogP contribution < -0.4 is 15.0 Å². The van der Waals surface area contributed by atoms with Crippen molar-refractivity contribution in [2.45, 2.75) is 56.8 Å². The molecule has 2 fully saturated rings. The number of aliphatic hydroxyl groups excluding tert-OH is 1. The van der Waals surface area contributed by atoms with E-state index in [1.807, 2.05) is 11.9 Å². The lowest BCUT2D eigenvalue weighted by Gasteiger charge is -2.49. The molecule has 11 nitrogen and oxygen atoms in total. The number of methoxy groups -OCH3 is 1. The van der Waals surface area contributed by atoms with Crippen LogP contribution in [0.4, 0.5) is 22.4 Å². The van der Waals surface area contributed by atoms with E-state index in [9.17, 15) is 15.0 Å². The van der Waals surface area contributed by atoms with Crippen molar-refractivity contribution in [3.63, 3.8) is 0 Å². The number of amides is 1. The van der Waals surface area contributed by atoms with Gasteiger partial charge in [0.15, 0.2) is 5.82 Å². The molecule has 2 aromatic heterocycles. The number of piperidine rings is 2. The Balaban J connectivity index is 1.54. The summed E-state index contributed by atoms with van der Waals surface area (Å²) < 4.78 is 5.35. The van der Waals surface area contributed by atoms with Crippen molar-refractivity contribution >= 4 is 23.7 Å².